The molecule has 10 heteroatoms. The molecule has 9 nitrogen and oxygen atoms in total. The van der Waals surface area contributed by atoms with Crippen LogP contribution in [0.3, 0.4) is 0 Å². The highest BCUT2D eigenvalue weighted by Gasteiger charge is 2.19. The lowest BCUT2D eigenvalue weighted by molar-refractivity contribution is 0.171. The molecule has 0 radical (unpaired) electrons. The third kappa shape index (κ3) is 5.53. The molecule has 2 N–H and O–H groups in total. The molecule has 0 saturated heterocycles. The van der Waals surface area contributed by atoms with Gasteiger partial charge in [-0.2, -0.15) is 9.64 Å². The Hall–Kier alpha value is -2.93. The molecule has 2 aromatic heterocycles. The zero-order chi connectivity index (χ0) is 20.7. The van der Waals surface area contributed by atoms with Crippen LogP contribution in [0.1, 0.15) is 31.7 Å². The van der Waals surface area contributed by atoms with Gasteiger partial charge in [-0.15, -0.1) is 0 Å². The van der Waals surface area contributed by atoms with Crippen LogP contribution in [-0.2, 0) is 0 Å². The normalized spacial score (nSPS) is 11.4. The van der Waals surface area contributed by atoms with Crippen molar-refractivity contribution in [3.05, 3.63) is 23.7 Å². The molecule has 28 heavy (non-hydrogen) atoms. The number of urea groups is 1. The molecule has 2 amide bonds. The van der Waals surface area contributed by atoms with Gasteiger partial charge in [0.1, 0.15) is 16.9 Å². The Balaban J connectivity index is 2.16. The molecule has 0 saturated carbocycles. The molecule has 0 aromatic carbocycles. The van der Waals surface area contributed by atoms with Crippen LogP contribution >= 0.6 is 11.5 Å². The van der Waals surface area contributed by atoms with Gasteiger partial charge in [0.2, 0.25) is 0 Å². The number of carbonyl (C=O) groups is 1. The fourth-order valence-corrected chi connectivity index (χ4v) is 3.20. The molecule has 0 aliphatic rings. The average Bonchev–Trinajstić information content (AvgIpc) is 3.09. The quantitative estimate of drug-likeness (QED) is 0.698. The van der Waals surface area contributed by atoms with Crippen molar-refractivity contribution in [3.63, 3.8) is 0 Å². The lowest BCUT2D eigenvalue weighted by atomic mass is 10.2. The first-order valence-electron chi connectivity index (χ1n) is 9.08. The second-order valence-electron chi connectivity index (χ2n) is 6.49. The number of hydrogen-bond acceptors (Lipinski definition) is 8. The number of nitrogens with one attached hydrogen (secondary N) is 2. The lowest BCUT2D eigenvalue weighted by Crippen LogP contribution is -2.44. The van der Waals surface area contributed by atoms with E-state index in [1.54, 1.807) is 23.9 Å². The summed E-state index contributed by atoms with van der Waals surface area (Å²) in [5.74, 6) is 0.922. The zero-order valence-corrected chi connectivity index (χ0v) is 17.7. The number of rotatable bonds is 8. The van der Waals surface area contributed by atoms with Crippen LogP contribution < -0.4 is 10.6 Å². The summed E-state index contributed by atoms with van der Waals surface area (Å²) in [6.45, 7) is 7.06. The highest BCUT2D eigenvalue weighted by atomic mass is 32.1. The fraction of sp³-hybridized carbons (Fsp3) is 0.500. The smallest absolute Gasteiger partial charge is 0.319 e. The maximum absolute atomic E-state index is 12.3. The van der Waals surface area contributed by atoms with E-state index in [0.29, 0.717) is 24.7 Å². The van der Waals surface area contributed by atoms with Crippen molar-refractivity contribution < 1.29 is 4.79 Å². The average molecular weight is 403 g/mol. The molecular formula is C18H26N8OS. The summed E-state index contributed by atoms with van der Waals surface area (Å²) in [4.78, 5) is 24.3. The minimum Gasteiger partial charge on any atom is -0.364 e. The summed E-state index contributed by atoms with van der Waals surface area (Å²) < 4.78 is 4.22. The van der Waals surface area contributed by atoms with Gasteiger partial charge >= 0.3 is 6.03 Å². The van der Waals surface area contributed by atoms with Crippen LogP contribution in [0.4, 0.5) is 21.4 Å². The number of likely N-dealkylation sites (N-methyl/N-ethyl adjacent to an activating group) is 1. The van der Waals surface area contributed by atoms with E-state index < -0.39 is 0 Å². The van der Waals surface area contributed by atoms with Crippen molar-refractivity contribution in [3.8, 4) is 6.07 Å². The molecular weight excluding hydrogens is 376 g/mol. The van der Waals surface area contributed by atoms with Gasteiger partial charge in [-0.3, -0.25) is 0 Å². The third-order valence-corrected chi connectivity index (χ3v) is 4.86. The molecule has 0 aliphatic carbocycles. The van der Waals surface area contributed by atoms with Crippen molar-refractivity contribution in [2.45, 2.75) is 33.2 Å². The molecule has 0 bridgehead atoms. The molecule has 1 unspecified atom stereocenters. The maximum atomic E-state index is 12.3. The first kappa shape index (κ1) is 21.4. The van der Waals surface area contributed by atoms with Crippen molar-refractivity contribution in [1.29, 1.82) is 5.26 Å². The minimum absolute atomic E-state index is 0.00425. The van der Waals surface area contributed by atoms with Crippen LogP contribution in [0.15, 0.2) is 12.3 Å². The molecule has 1 atom stereocenters. The molecule has 150 valence electrons. The van der Waals surface area contributed by atoms with E-state index in [-0.39, 0.29) is 17.8 Å². The van der Waals surface area contributed by atoms with Crippen LogP contribution in [0.2, 0.25) is 0 Å². The maximum Gasteiger partial charge on any atom is 0.319 e. The molecule has 2 aromatic rings. The molecule has 2 heterocycles. The Morgan fingerprint density at radius 3 is 2.68 bits per heavy atom. The second-order valence-corrected chi connectivity index (χ2v) is 7.29. The predicted octanol–water partition coefficient (Wildman–Crippen LogP) is 3.05. The summed E-state index contributed by atoms with van der Waals surface area (Å²) in [5.41, 5.74) is 1.10. The van der Waals surface area contributed by atoms with Crippen molar-refractivity contribution in [2.75, 3.05) is 37.8 Å². The van der Waals surface area contributed by atoms with E-state index in [0.717, 1.165) is 17.1 Å². The number of carbonyl (C=O) groups excluding carboxylic acids is 1. The third-order valence-electron chi connectivity index (χ3n) is 4.07. The Kier molecular flexibility index (Phi) is 7.52. The summed E-state index contributed by atoms with van der Waals surface area (Å²) in [5, 5.41) is 16.5. The molecule has 0 fully saturated rings. The first-order chi connectivity index (χ1) is 13.4. The van der Waals surface area contributed by atoms with Gasteiger partial charge in [-0.25, -0.2) is 14.8 Å². The number of aryl methyl sites for hydroxylation is 1. The van der Waals surface area contributed by atoms with Crippen LogP contribution in [-0.4, -0.2) is 63.4 Å². The fourth-order valence-electron chi connectivity index (χ4n) is 2.54. The van der Waals surface area contributed by atoms with E-state index in [1.807, 2.05) is 32.9 Å². The predicted molar refractivity (Wildman–Crippen MR) is 111 cm³/mol. The van der Waals surface area contributed by atoms with E-state index in [2.05, 4.69) is 25.0 Å². The van der Waals surface area contributed by atoms with Gasteiger partial charge in [0.25, 0.3) is 0 Å². The Morgan fingerprint density at radius 1 is 1.39 bits per heavy atom. The Morgan fingerprint density at radius 2 is 2.14 bits per heavy atom. The Labute approximate surface area is 169 Å². The molecule has 0 spiro atoms. The summed E-state index contributed by atoms with van der Waals surface area (Å²) >= 11 is 1.30. The summed E-state index contributed by atoms with van der Waals surface area (Å²) in [6.07, 6.45) is 2.34. The van der Waals surface area contributed by atoms with Gasteiger partial charge in [0.05, 0.1) is 11.9 Å². The Bertz CT molecular complexity index is 844. The van der Waals surface area contributed by atoms with Gasteiger partial charge in [0, 0.05) is 33.2 Å². The lowest BCUT2D eigenvalue weighted by Gasteiger charge is -2.29. The SMILES string of the molecule is CCC(CN(CC)C(=O)N(C)C)Nc1cnc(C#N)c(Nc2cc(C)ns2)n1. The van der Waals surface area contributed by atoms with Crippen molar-refractivity contribution in [1.82, 2.24) is 24.1 Å². The summed E-state index contributed by atoms with van der Waals surface area (Å²) in [6, 6.07) is 3.90. The van der Waals surface area contributed by atoms with Crippen LogP contribution in [0.5, 0.6) is 0 Å². The van der Waals surface area contributed by atoms with E-state index in [9.17, 15) is 10.1 Å². The molecule has 2 rings (SSSR count). The number of amides is 2. The van der Waals surface area contributed by atoms with Gasteiger partial charge < -0.3 is 20.4 Å². The topological polar surface area (TPSA) is 110 Å². The molecule has 0 aliphatic heterocycles. The first-order valence-corrected chi connectivity index (χ1v) is 9.85. The van der Waals surface area contributed by atoms with Crippen LogP contribution in [0, 0.1) is 18.3 Å². The van der Waals surface area contributed by atoms with E-state index in [4.69, 9.17) is 0 Å². The number of nitrogens with zero attached hydrogens (tertiary/aromatic N) is 6. The van der Waals surface area contributed by atoms with E-state index in [1.165, 1.54) is 17.7 Å². The van der Waals surface area contributed by atoms with Crippen molar-refractivity contribution in [2.24, 2.45) is 0 Å². The van der Waals surface area contributed by atoms with Crippen molar-refractivity contribution >= 4 is 34.2 Å². The van der Waals surface area contributed by atoms with Gasteiger partial charge in [-0.1, -0.05) is 6.92 Å². The highest BCUT2D eigenvalue weighted by molar-refractivity contribution is 7.10. The number of nitriles is 1. The summed E-state index contributed by atoms with van der Waals surface area (Å²) in [7, 11) is 3.48. The van der Waals surface area contributed by atoms with E-state index >= 15 is 0 Å². The largest absolute Gasteiger partial charge is 0.364 e. The van der Waals surface area contributed by atoms with Gasteiger partial charge in [-0.05, 0) is 37.9 Å². The van der Waals surface area contributed by atoms with Gasteiger partial charge in [0.15, 0.2) is 11.5 Å². The number of aromatic nitrogens is 3. The minimum atomic E-state index is -0.0309. The number of hydrogen-bond donors (Lipinski definition) is 2. The van der Waals surface area contributed by atoms with Crippen LogP contribution in [0.25, 0.3) is 0 Å². The number of anilines is 3. The zero-order valence-electron chi connectivity index (χ0n) is 16.9. The highest BCUT2D eigenvalue weighted by Crippen LogP contribution is 2.23. The monoisotopic (exact) mass is 402 g/mol. The second kappa shape index (κ2) is 9.85. The standard InChI is InChI=1S/C18H26N8OS/c1-6-13(11-26(7-2)18(27)25(4)5)21-15-10-20-14(9-19)17(22-15)23-16-8-12(3)24-28-16/h8,10,13H,6-7,11H2,1-5H3,(H2,21,22,23).